The van der Waals surface area contributed by atoms with Gasteiger partial charge in [0.1, 0.15) is 0 Å². The first-order valence-electron chi connectivity index (χ1n) is 2.48. The van der Waals surface area contributed by atoms with E-state index in [2.05, 4.69) is 0 Å². The summed E-state index contributed by atoms with van der Waals surface area (Å²) in [5.74, 6) is 0. The molecular weight excluding hydrogens is 143 g/mol. The Morgan fingerprint density at radius 3 is 1.88 bits per heavy atom. The van der Waals surface area contributed by atoms with Crippen LogP contribution in [-0.2, 0) is 0 Å². The summed E-state index contributed by atoms with van der Waals surface area (Å²) in [7, 11) is 0. The van der Waals surface area contributed by atoms with Crippen molar-refractivity contribution in [3.05, 3.63) is 22.2 Å². The summed E-state index contributed by atoms with van der Waals surface area (Å²) < 4.78 is 0. The number of allylic oxidation sites excluding steroid dienone is 4. The first kappa shape index (κ1) is 6.18. The largest absolute Gasteiger partial charge is 0.0891 e. The van der Waals surface area contributed by atoms with E-state index in [9.17, 15) is 0 Å². The van der Waals surface area contributed by atoms with Gasteiger partial charge in [0.05, 0.1) is 0 Å². The van der Waals surface area contributed by atoms with Crippen LogP contribution in [0.3, 0.4) is 0 Å². The lowest BCUT2D eigenvalue weighted by Gasteiger charge is -2.01. The molecule has 0 aromatic heterocycles. The highest BCUT2D eigenvalue weighted by Crippen LogP contribution is 2.23. The maximum atomic E-state index is 5.65. The summed E-state index contributed by atoms with van der Waals surface area (Å²) in [5, 5.41) is 1.72. The molecule has 1 rings (SSSR count). The van der Waals surface area contributed by atoms with Crippen molar-refractivity contribution in [3.8, 4) is 0 Å². The lowest BCUT2D eigenvalue weighted by atomic mass is 10.2. The minimum absolute atomic E-state index is 0.725. The SMILES string of the molecule is ClC1=CCC=C(Cl)C1. The summed E-state index contributed by atoms with van der Waals surface area (Å²) in [6.45, 7) is 0. The minimum Gasteiger partial charge on any atom is -0.0891 e. The van der Waals surface area contributed by atoms with Gasteiger partial charge in [0.2, 0.25) is 0 Å². The fourth-order valence-corrected chi connectivity index (χ4v) is 1.15. The zero-order valence-corrected chi connectivity index (χ0v) is 5.84. The Bertz CT molecular complexity index is 129. The van der Waals surface area contributed by atoms with Crippen molar-refractivity contribution in [3.63, 3.8) is 0 Å². The molecule has 0 saturated heterocycles. The van der Waals surface area contributed by atoms with Crippen molar-refractivity contribution >= 4 is 23.2 Å². The van der Waals surface area contributed by atoms with Crippen LogP contribution in [0.15, 0.2) is 22.2 Å². The van der Waals surface area contributed by atoms with Gasteiger partial charge in [0.25, 0.3) is 0 Å². The van der Waals surface area contributed by atoms with E-state index in [1.165, 1.54) is 0 Å². The molecule has 0 bridgehead atoms. The first-order chi connectivity index (χ1) is 3.79. The predicted molar refractivity (Wildman–Crippen MR) is 37.1 cm³/mol. The lowest BCUT2D eigenvalue weighted by molar-refractivity contribution is 1.18. The fourth-order valence-electron chi connectivity index (χ4n) is 0.620. The topological polar surface area (TPSA) is 0 Å². The summed E-state index contributed by atoms with van der Waals surface area (Å²) >= 11 is 11.3. The second kappa shape index (κ2) is 2.56. The zero-order valence-electron chi connectivity index (χ0n) is 4.32. The second-order valence-electron chi connectivity index (χ2n) is 1.71. The van der Waals surface area contributed by atoms with Crippen molar-refractivity contribution < 1.29 is 0 Å². The molecule has 0 unspecified atom stereocenters. The molecule has 1 aliphatic rings. The number of hydrogen-bond donors (Lipinski definition) is 0. The van der Waals surface area contributed by atoms with E-state index in [0.29, 0.717) is 0 Å². The normalized spacial score (nSPS) is 19.8. The van der Waals surface area contributed by atoms with Crippen molar-refractivity contribution in [2.24, 2.45) is 0 Å². The molecule has 0 N–H and O–H groups in total. The highest BCUT2D eigenvalue weighted by Gasteiger charge is 1.99. The van der Waals surface area contributed by atoms with Crippen LogP contribution in [0.4, 0.5) is 0 Å². The van der Waals surface area contributed by atoms with Gasteiger partial charge in [0.15, 0.2) is 0 Å². The Labute approximate surface area is 58.8 Å². The fraction of sp³-hybridized carbons (Fsp3) is 0.333. The Balaban J connectivity index is 2.57. The number of halogens is 2. The van der Waals surface area contributed by atoms with E-state index in [1.807, 2.05) is 12.2 Å². The summed E-state index contributed by atoms with van der Waals surface area (Å²) in [4.78, 5) is 0. The van der Waals surface area contributed by atoms with Crippen molar-refractivity contribution in [2.75, 3.05) is 0 Å². The van der Waals surface area contributed by atoms with Crippen LogP contribution in [0.1, 0.15) is 12.8 Å². The average Bonchev–Trinajstić information content (AvgIpc) is 1.64. The zero-order chi connectivity index (χ0) is 5.98. The van der Waals surface area contributed by atoms with E-state index in [1.54, 1.807) is 0 Å². The molecule has 0 aromatic rings. The Morgan fingerprint density at radius 2 is 1.62 bits per heavy atom. The molecule has 0 heterocycles. The van der Waals surface area contributed by atoms with Gasteiger partial charge in [0, 0.05) is 16.5 Å². The van der Waals surface area contributed by atoms with Crippen LogP contribution in [0.25, 0.3) is 0 Å². The smallest absolute Gasteiger partial charge is 0.0197 e. The number of rotatable bonds is 0. The van der Waals surface area contributed by atoms with Crippen molar-refractivity contribution in [1.29, 1.82) is 0 Å². The van der Waals surface area contributed by atoms with E-state index >= 15 is 0 Å². The van der Waals surface area contributed by atoms with Crippen molar-refractivity contribution in [1.82, 2.24) is 0 Å². The number of hydrogen-bond acceptors (Lipinski definition) is 0. The van der Waals surface area contributed by atoms with Gasteiger partial charge in [-0.2, -0.15) is 0 Å². The van der Waals surface area contributed by atoms with Gasteiger partial charge >= 0.3 is 0 Å². The highest BCUT2D eigenvalue weighted by atomic mass is 35.5. The third-order valence-corrected chi connectivity index (χ3v) is 1.59. The van der Waals surface area contributed by atoms with Gasteiger partial charge < -0.3 is 0 Å². The predicted octanol–water partition coefficient (Wildman–Crippen LogP) is 3.03. The molecule has 2 heteroatoms. The molecule has 0 atom stereocenters. The van der Waals surface area contributed by atoms with Crippen LogP contribution < -0.4 is 0 Å². The molecular formula is C6H6Cl2. The third-order valence-electron chi connectivity index (χ3n) is 1.02. The molecule has 8 heavy (non-hydrogen) atoms. The molecule has 0 fully saturated rings. The van der Waals surface area contributed by atoms with E-state index < -0.39 is 0 Å². The molecule has 0 spiro atoms. The van der Waals surface area contributed by atoms with Crippen LogP contribution in [-0.4, -0.2) is 0 Å². The van der Waals surface area contributed by atoms with Gasteiger partial charge in [-0.15, -0.1) is 0 Å². The maximum Gasteiger partial charge on any atom is 0.0197 e. The average molecular weight is 149 g/mol. The molecule has 0 aliphatic heterocycles. The Morgan fingerprint density at radius 1 is 1.12 bits per heavy atom. The molecule has 0 radical (unpaired) electrons. The molecule has 0 nitrogen and oxygen atoms in total. The van der Waals surface area contributed by atoms with E-state index in [-0.39, 0.29) is 0 Å². The van der Waals surface area contributed by atoms with Crippen LogP contribution in [0.5, 0.6) is 0 Å². The van der Waals surface area contributed by atoms with Crippen molar-refractivity contribution in [2.45, 2.75) is 12.8 Å². The molecule has 1 aliphatic carbocycles. The van der Waals surface area contributed by atoms with Crippen LogP contribution >= 0.6 is 23.2 Å². The standard InChI is InChI=1S/C6H6Cl2/c7-5-2-1-3-6(8)4-5/h2-3H,1,4H2. The second-order valence-corrected chi connectivity index (χ2v) is 2.69. The van der Waals surface area contributed by atoms with Gasteiger partial charge in [-0.1, -0.05) is 35.4 Å². The third kappa shape index (κ3) is 1.53. The monoisotopic (exact) mass is 148 g/mol. The van der Waals surface area contributed by atoms with E-state index in [4.69, 9.17) is 23.2 Å². The summed E-state index contributed by atoms with van der Waals surface area (Å²) in [6, 6.07) is 0. The van der Waals surface area contributed by atoms with Gasteiger partial charge in [-0.25, -0.2) is 0 Å². The Kier molecular flexibility index (Phi) is 1.98. The first-order valence-corrected chi connectivity index (χ1v) is 3.23. The summed E-state index contributed by atoms with van der Waals surface area (Å²) in [5.41, 5.74) is 0. The van der Waals surface area contributed by atoms with E-state index in [0.717, 1.165) is 22.9 Å². The lowest BCUT2D eigenvalue weighted by Crippen LogP contribution is -1.80. The van der Waals surface area contributed by atoms with Gasteiger partial charge in [-0.05, 0) is 6.42 Å². The van der Waals surface area contributed by atoms with Crippen LogP contribution in [0, 0.1) is 0 Å². The highest BCUT2D eigenvalue weighted by molar-refractivity contribution is 6.34. The van der Waals surface area contributed by atoms with Gasteiger partial charge in [-0.3, -0.25) is 0 Å². The summed E-state index contributed by atoms with van der Waals surface area (Å²) in [6.07, 6.45) is 5.54. The molecule has 0 saturated carbocycles. The quantitative estimate of drug-likeness (QED) is 0.496. The maximum absolute atomic E-state index is 5.65. The molecule has 0 amide bonds. The molecule has 44 valence electrons. The molecule has 0 aromatic carbocycles. The Hall–Kier alpha value is 0.0600. The van der Waals surface area contributed by atoms with Crippen LogP contribution in [0.2, 0.25) is 0 Å². The minimum atomic E-state index is 0.725.